The molecule has 0 atom stereocenters. The number of aromatic nitrogens is 6. The average molecular weight is 442 g/mol. The zero-order chi connectivity index (χ0) is 22.2. The summed E-state index contributed by atoms with van der Waals surface area (Å²) in [6.07, 6.45) is 9.05. The molecule has 1 saturated heterocycles. The number of hydrogen-bond acceptors (Lipinski definition) is 8. The van der Waals surface area contributed by atoms with Gasteiger partial charge in [-0.05, 0) is 37.1 Å². The molecule has 1 amide bonds. The highest BCUT2D eigenvalue weighted by Crippen LogP contribution is 2.38. The SMILES string of the molecule is O=C(c1cn(-c2ccc(-c3nc(C4CC4)no3)cn2)cn1)N1CCN(c2ccccn2)CC1. The Balaban J connectivity index is 1.11. The third kappa shape index (κ3) is 3.95. The van der Waals surface area contributed by atoms with Crippen LogP contribution in [0.4, 0.5) is 5.82 Å². The molecule has 1 saturated carbocycles. The van der Waals surface area contributed by atoms with Crippen LogP contribution in [0, 0.1) is 0 Å². The van der Waals surface area contributed by atoms with E-state index in [1.165, 1.54) is 0 Å². The summed E-state index contributed by atoms with van der Waals surface area (Å²) in [7, 11) is 0. The number of piperazine rings is 1. The summed E-state index contributed by atoms with van der Waals surface area (Å²) in [6, 6.07) is 9.59. The first-order valence-corrected chi connectivity index (χ1v) is 11.0. The highest BCUT2D eigenvalue weighted by atomic mass is 16.5. The van der Waals surface area contributed by atoms with Gasteiger partial charge in [0.25, 0.3) is 11.8 Å². The number of pyridine rings is 2. The quantitative estimate of drug-likeness (QED) is 0.464. The van der Waals surface area contributed by atoms with Crippen LogP contribution in [0.2, 0.25) is 0 Å². The minimum atomic E-state index is -0.0792. The Morgan fingerprint density at radius 3 is 2.58 bits per heavy atom. The van der Waals surface area contributed by atoms with E-state index in [4.69, 9.17) is 4.52 Å². The second-order valence-electron chi connectivity index (χ2n) is 8.27. The molecule has 2 fully saturated rings. The van der Waals surface area contributed by atoms with Gasteiger partial charge in [0.15, 0.2) is 5.82 Å². The molecular formula is C23H22N8O2. The highest BCUT2D eigenvalue weighted by Gasteiger charge is 2.29. The van der Waals surface area contributed by atoms with Crippen LogP contribution in [0.3, 0.4) is 0 Å². The second-order valence-corrected chi connectivity index (χ2v) is 8.27. The molecular weight excluding hydrogens is 420 g/mol. The standard InChI is InChI=1S/C23H22N8O2/c32-23(30-11-9-29(10-12-30)19-3-1-2-8-24-19)18-14-31(15-26-18)20-7-6-17(13-25-20)22-27-21(28-33-22)16-4-5-16/h1-3,6-8,13-16H,4-5,9-12H2. The van der Waals surface area contributed by atoms with E-state index < -0.39 is 0 Å². The smallest absolute Gasteiger partial charge is 0.274 e. The van der Waals surface area contributed by atoms with Crippen LogP contribution in [-0.4, -0.2) is 66.6 Å². The van der Waals surface area contributed by atoms with Crippen LogP contribution in [0.5, 0.6) is 0 Å². The van der Waals surface area contributed by atoms with E-state index in [0.717, 1.165) is 43.1 Å². The fourth-order valence-corrected chi connectivity index (χ4v) is 3.92. The maximum absolute atomic E-state index is 13.0. The van der Waals surface area contributed by atoms with Gasteiger partial charge in [0.1, 0.15) is 23.7 Å². The van der Waals surface area contributed by atoms with E-state index >= 15 is 0 Å². The molecule has 0 radical (unpaired) electrons. The lowest BCUT2D eigenvalue weighted by Gasteiger charge is -2.35. The Bertz CT molecular complexity index is 1260. The monoisotopic (exact) mass is 442 g/mol. The van der Waals surface area contributed by atoms with Crippen LogP contribution in [0.25, 0.3) is 17.3 Å². The molecule has 5 heterocycles. The van der Waals surface area contributed by atoms with Crippen molar-refractivity contribution in [2.45, 2.75) is 18.8 Å². The molecule has 0 bridgehead atoms. The molecule has 0 aromatic carbocycles. The molecule has 0 N–H and O–H groups in total. The lowest BCUT2D eigenvalue weighted by Crippen LogP contribution is -2.49. The van der Waals surface area contributed by atoms with Crippen molar-refractivity contribution in [1.82, 2.24) is 34.6 Å². The normalized spacial score (nSPS) is 16.2. The van der Waals surface area contributed by atoms with Crippen LogP contribution < -0.4 is 4.90 Å². The van der Waals surface area contributed by atoms with Gasteiger partial charge in [-0.25, -0.2) is 15.0 Å². The van der Waals surface area contributed by atoms with Gasteiger partial charge in [-0.2, -0.15) is 4.98 Å². The zero-order valence-electron chi connectivity index (χ0n) is 17.9. The largest absolute Gasteiger partial charge is 0.353 e. The summed E-state index contributed by atoms with van der Waals surface area (Å²) in [4.78, 5) is 34.6. The van der Waals surface area contributed by atoms with E-state index in [9.17, 15) is 4.79 Å². The fourth-order valence-electron chi connectivity index (χ4n) is 3.92. The molecule has 10 heteroatoms. The Kier molecular flexibility index (Phi) is 4.82. The summed E-state index contributed by atoms with van der Waals surface area (Å²) >= 11 is 0. The Morgan fingerprint density at radius 1 is 0.970 bits per heavy atom. The fraction of sp³-hybridized carbons (Fsp3) is 0.304. The Hall–Kier alpha value is -4.08. The topological polar surface area (TPSA) is 106 Å². The molecule has 1 aliphatic heterocycles. The minimum Gasteiger partial charge on any atom is -0.353 e. The van der Waals surface area contributed by atoms with E-state index in [0.29, 0.717) is 36.4 Å². The van der Waals surface area contributed by atoms with Crippen molar-refractivity contribution >= 4 is 11.7 Å². The van der Waals surface area contributed by atoms with Crippen molar-refractivity contribution < 1.29 is 9.32 Å². The third-order valence-corrected chi connectivity index (χ3v) is 5.99. The van der Waals surface area contributed by atoms with Crippen molar-refractivity contribution in [1.29, 1.82) is 0 Å². The molecule has 4 aromatic rings. The van der Waals surface area contributed by atoms with Crippen molar-refractivity contribution in [3.8, 4) is 17.3 Å². The van der Waals surface area contributed by atoms with Gasteiger partial charge in [-0.1, -0.05) is 11.2 Å². The van der Waals surface area contributed by atoms with Gasteiger partial charge in [-0.3, -0.25) is 9.36 Å². The van der Waals surface area contributed by atoms with Crippen molar-refractivity contribution in [2.75, 3.05) is 31.1 Å². The maximum atomic E-state index is 13.0. The molecule has 0 unspecified atom stereocenters. The van der Waals surface area contributed by atoms with Gasteiger partial charge < -0.3 is 14.3 Å². The van der Waals surface area contributed by atoms with E-state index in [1.807, 2.05) is 35.2 Å². The number of amides is 1. The van der Waals surface area contributed by atoms with Crippen molar-refractivity contribution in [3.63, 3.8) is 0 Å². The number of anilines is 1. The molecule has 1 aliphatic carbocycles. The highest BCUT2D eigenvalue weighted by molar-refractivity contribution is 5.92. The first-order chi connectivity index (χ1) is 16.2. The number of nitrogens with zero attached hydrogens (tertiary/aromatic N) is 8. The predicted octanol–water partition coefficient (Wildman–Crippen LogP) is 2.55. The predicted molar refractivity (Wildman–Crippen MR) is 119 cm³/mol. The number of carbonyl (C=O) groups excluding carboxylic acids is 1. The van der Waals surface area contributed by atoms with E-state index in [1.54, 1.807) is 29.5 Å². The second kappa shape index (κ2) is 8.12. The lowest BCUT2D eigenvalue weighted by molar-refractivity contribution is 0.0741. The van der Waals surface area contributed by atoms with Gasteiger partial charge in [0.2, 0.25) is 0 Å². The molecule has 2 aliphatic rings. The molecule has 6 rings (SSSR count). The first kappa shape index (κ1) is 19.6. The number of hydrogen-bond donors (Lipinski definition) is 0. The Labute approximate surface area is 189 Å². The average Bonchev–Trinajstić information content (AvgIpc) is 3.40. The number of carbonyl (C=O) groups is 1. The molecule has 10 nitrogen and oxygen atoms in total. The van der Waals surface area contributed by atoms with Crippen molar-refractivity contribution in [3.05, 3.63) is 66.8 Å². The molecule has 166 valence electrons. The zero-order valence-corrected chi connectivity index (χ0v) is 17.9. The summed E-state index contributed by atoms with van der Waals surface area (Å²) < 4.78 is 7.10. The molecule has 33 heavy (non-hydrogen) atoms. The summed E-state index contributed by atoms with van der Waals surface area (Å²) in [5.74, 6) is 3.20. The third-order valence-electron chi connectivity index (χ3n) is 5.99. The maximum Gasteiger partial charge on any atom is 0.274 e. The number of imidazole rings is 1. The van der Waals surface area contributed by atoms with Crippen LogP contribution in [0.15, 0.2) is 59.8 Å². The van der Waals surface area contributed by atoms with Gasteiger partial charge in [0, 0.05) is 50.7 Å². The van der Waals surface area contributed by atoms with Gasteiger partial charge in [-0.15, -0.1) is 0 Å². The Morgan fingerprint density at radius 2 is 1.85 bits per heavy atom. The van der Waals surface area contributed by atoms with Crippen LogP contribution >= 0.6 is 0 Å². The van der Waals surface area contributed by atoms with Gasteiger partial charge in [0.05, 0.1) is 5.56 Å². The minimum absolute atomic E-state index is 0.0792. The van der Waals surface area contributed by atoms with E-state index in [2.05, 4.69) is 30.0 Å². The summed E-state index contributed by atoms with van der Waals surface area (Å²) in [5, 5.41) is 4.05. The molecule has 0 spiro atoms. The summed E-state index contributed by atoms with van der Waals surface area (Å²) in [5.41, 5.74) is 1.17. The van der Waals surface area contributed by atoms with Crippen molar-refractivity contribution in [2.24, 2.45) is 0 Å². The molecule has 4 aromatic heterocycles. The van der Waals surface area contributed by atoms with Crippen LogP contribution in [0.1, 0.15) is 35.1 Å². The first-order valence-electron chi connectivity index (χ1n) is 11.0. The van der Waals surface area contributed by atoms with Gasteiger partial charge >= 0.3 is 0 Å². The van der Waals surface area contributed by atoms with E-state index in [-0.39, 0.29) is 5.91 Å². The lowest BCUT2D eigenvalue weighted by atomic mass is 10.2. The number of rotatable bonds is 5. The summed E-state index contributed by atoms with van der Waals surface area (Å²) in [6.45, 7) is 2.74. The van der Waals surface area contributed by atoms with Crippen LogP contribution in [-0.2, 0) is 0 Å².